The van der Waals surface area contributed by atoms with Crippen molar-refractivity contribution in [2.45, 2.75) is 153 Å². The lowest BCUT2D eigenvalue weighted by molar-refractivity contribution is -0.366. The monoisotopic (exact) mass is 951 g/mol. The molecule has 1 amide bonds. The molecule has 2 aromatic rings. The van der Waals surface area contributed by atoms with Crippen LogP contribution in [0.3, 0.4) is 0 Å². The number of hydrogen-bond donors (Lipinski definition) is 6. The number of fused-ring (bicyclic) bond motifs is 5. The molecule has 0 unspecified atom stereocenters. The van der Waals surface area contributed by atoms with Crippen LogP contribution in [0.2, 0.25) is 0 Å². The largest absolute Gasteiger partial charge is 0.456 e. The van der Waals surface area contributed by atoms with Gasteiger partial charge >= 0.3 is 23.9 Å². The molecule has 15 atom stereocenters. The van der Waals surface area contributed by atoms with Crippen LogP contribution in [0.4, 0.5) is 0 Å². The smallest absolute Gasteiger partial charge is 0.338 e. The van der Waals surface area contributed by atoms with Gasteiger partial charge in [-0.2, -0.15) is 0 Å². The topological polar surface area (TPSA) is 280 Å². The number of rotatable bonds is 13. The van der Waals surface area contributed by atoms with E-state index in [0.29, 0.717) is 12.0 Å². The molecule has 19 heteroatoms. The van der Waals surface area contributed by atoms with E-state index in [2.05, 4.69) is 5.32 Å². The minimum absolute atomic E-state index is 0.0190. The minimum Gasteiger partial charge on any atom is -0.456 e. The quantitative estimate of drug-likeness (QED) is 0.0947. The maximum Gasteiger partial charge on any atom is 0.338 e. The Morgan fingerprint density at radius 1 is 0.882 bits per heavy atom. The van der Waals surface area contributed by atoms with Crippen molar-refractivity contribution < 1.29 is 87.5 Å². The Morgan fingerprint density at radius 3 is 2.12 bits per heavy atom. The Labute approximate surface area is 393 Å². The summed E-state index contributed by atoms with van der Waals surface area (Å²) in [7, 11) is 0. The maximum atomic E-state index is 16.1. The number of aliphatic hydroxyl groups excluding tert-OH is 4. The van der Waals surface area contributed by atoms with Gasteiger partial charge in [0.2, 0.25) is 5.91 Å². The molecule has 68 heavy (non-hydrogen) atoms. The van der Waals surface area contributed by atoms with Crippen molar-refractivity contribution >= 4 is 35.6 Å². The van der Waals surface area contributed by atoms with E-state index in [1.807, 2.05) is 0 Å². The van der Waals surface area contributed by atoms with Gasteiger partial charge in [-0.1, -0.05) is 69.3 Å². The van der Waals surface area contributed by atoms with Gasteiger partial charge in [-0.15, -0.1) is 0 Å². The van der Waals surface area contributed by atoms with E-state index in [-0.39, 0.29) is 29.6 Å². The lowest BCUT2D eigenvalue weighted by atomic mass is 9.44. The van der Waals surface area contributed by atoms with Crippen molar-refractivity contribution in [1.29, 1.82) is 0 Å². The van der Waals surface area contributed by atoms with Crippen molar-refractivity contribution in [1.82, 2.24) is 5.32 Å². The summed E-state index contributed by atoms with van der Waals surface area (Å²) in [5.41, 5.74) is -7.85. The first-order chi connectivity index (χ1) is 32.0. The molecule has 2 aromatic carbocycles. The predicted molar refractivity (Wildman–Crippen MR) is 233 cm³/mol. The molecule has 2 bridgehead atoms. The van der Waals surface area contributed by atoms with Gasteiger partial charge in [0, 0.05) is 38.5 Å². The van der Waals surface area contributed by atoms with Crippen LogP contribution in [0.15, 0.2) is 71.8 Å². The lowest BCUT2D eigenvalue weighted by Crippen LogP contribution is -2.82. The van der Waals surface area contributed by atoms with Crippen molar-refractivity contribution in [2.24, 2.45) is 16.7 Å². The average Bonchev–Trinajstić information content (AvgIpc) is 3.28. The summed E-state index contributed by atoms with van der Waals surface area (Å²) in [5.74, 6) is -7.06. The zero-order valence-corrected chi connectivity index (χ0v) is 39.0. The van der Waals surface area contributed by atoms with Crippen molar-refractivity contribution in [3.05, 3.63) is 82.9 Å². The molecule has 3 aliphatic carbocycles. The normalized spacial score (nSPS) is 35.9. The number of ether oxygens (including phenoxy) is 7. The van der Waals surface area contributed by atoms with Gasteiger partial charge < -0.3 is 64.0 Å². The SMILES string of the molecule is CCCC(=O)N[C@@H](c1ccccc1)[C@@H](O)C(=O)O[C@H]1C[C@@]2(O)[C@H](OC(=O)c3ccccc3)[C@@H]3[C@]4(OC(C)=O)CO[C@H]4C[C@H](O[C@H]4OC[C@H](O)[C@@H](O)[C@@H]4O)[C@@]3(C)C(=O)[C@H](OC(C)=O)C(=C1C)C2(C)C. The van der Waals surface area contributed by atoms with E-state index >= 15 is 4.79 Å². The number of amides is 1. The zero-order chi connectivity index (χ0) is 49.7. The fraction of sp³-hybridized carbons (Fsp3) is 0.592. The highest BCUT2D eigenvalue weighted by atomic mass is 16.7. The highest BCUT2D eigenvalue weighted by molar-refractivity contribution is 5.95. The fourth-order valence-electron chi connectivity index (χ4n) is 11.1. The highest BCUT2D eigenvalue weighted by Gasteiger charge is 2.79. The summed E-state index contributed by atoms with van der Waals surface area (Å²) >= 11 is 0. The molecule has 370 valence electrons. The van der Waals surface area contributed by atoms with E-state index in [1.54, 1.807) is 55.5 Å². The number of esters is 4. The third kappa shape index (κ3) is 8.76. The Balaban J connectivity index is 1.44. The van der Waals surface area contributed by atoms with Crippen LogP contribution in [0.1, 0.15) is 96.1 Å². The molecule has 19 nitrogen and oxygen atoms in total. The molecular weight excluding hydrogens is 891 g/mol. The number of benzene rings is 2. The zero-order valence-electron chi connectivity index (χ0n) is 39.0. The molecule has 0 spiro atoms. The highest BCUT2D eigenvalue weighted by Crippen LogP contribution is 2.65. The summed E-state index contributed by atoms with van der Waals surface area (Å²) < 4.78 is 43.0. The third-order valence-corrected chi connectivity index (χ3v) is 14.7. The predicted octanol–water partition coefficient (Wildman–Crippen LogP) is 1.69. The standard InChI is InChI=1S/C49H61NO18/c1-8-15-33(54)50-35(27-16-11-9-12-17-27)37(56)44(60)65-30-21-49(61)42(67-43(59)28-18-13-10-14-19-28)40-47(7,41(58)39(64-25(3)51)34(24(30)2)46(49,5)6)31(20-32-48(40,23-63-32)68-26(4)52)66-45-38(57)36(55)29(53)22-62-45/h9-14,16-19,29-32,35-40,42,45,53,55-57,61H,8,15,20-23H2,1-7H3,(H,50,54)/t29-,30-,31-,32-,35-,36+,37+,38-,39+,40-,42+,45+,47+,48-,49+/m0/s1. The minimum atomic E-state index is -2.49. The molecule has 7 rings (SSSR count). The Hall–Kier alpha value is -5.12. The van der Waals surface area contributed by atoms with Crippen molar-refractivity contribution in [3.63, 3.8) is 0 Å². The molecule has 5 aliphatic rings. The molecular formula is C49H61NO18. The Bertz CT molecular complexity index is 2290. The van der Waals surface area contributed by atoms with E-state index in [4.69, 9.17) is 33.2 Å². The van der Waals surface area contributed by atoms with Gasteiger partial charge in [0.1, 0.15) is 42.2 Å². The number of Topliss-reactive ketones (excluding diaryl/α,β-unsaturated/α-hetero) is 1. The van der Waals surface area contributed by atoms with E-state index in [9.17, 15) is 49.5 Å². The second kappa shape index (κ2) is 19.3. The van der Waals surface area contributed by atoms with Gasteiger partial charge in [0.05, 0.1) is 42.3 Å². The lowest BCUT2D eigenvalue weighted by Gasteiger charge is -2.68. The van der Waals surface area contributed by atoms with Crippen LogP contribution in [-0.4, -0.2) is 147 Å². The van der Waals surface area contributed by atoms with Gasteiger partial charge in [0.25, 0.3) is 0 Å². The van der Waals surface area contributed by atoms with Crippen molar-refractivity contribution in [2.75, 3.05) is 13.2 Å². The summed E-state index contributed by atoms with van der Waals surface area (Å²) in [6, 6.07) is 14.7. The molecule has 2 aliphatic heterocycles. The van der Waals surface area contributed by atoms with E-state index in [1.165, 1.54) is 39.8 Å². The van der Waals surface area contributed by atoms with E-state index in [0.717, 1.165) is 13.8 Å². The molecule has 0 aromatic heterocycles. The first-order valence-corrected chi connectivity index (χ1v) is 22.8. The number of nitrogens with one attached hydrogen (secondary N) is 1. The van der Waals surface area contributed by atoms with Crippen LogP contribution in [0, 0.1) is 16.7 Å². The second-order valence-corrected chi connectivity index (χ2v) is 19.2. The molecule has 2 saturated heterocycles. The first kappa shape index (κ1) is 50.7. The van der Waals surface area contributed by atoms with Crippen LogP contribution in [0.25, 0.3) is 0 Å². The van der Waals surface area contributed by atoms with Crippen LogP contribution in [-0.2, 0) is 57.1 Å². The van der Waals surface area contributed by atoms with Gasteiger partial charge in [-0.3, -0.25) is 19.2 Å². The number of carbonyl (C=O) groups excluding carboxylic acids is 6. The van der Waals surface area contributed by atoms with Gasteiger partial charge in [0.15, 0.2) is 29.9 Å². The average molecular weight is 952 g/mol. The summed E-state index contributed by atoms with van der Waals surface area (Å²) in [5, 5.41) is 60.5. The molecule has 2 saturated carbocycles. The second-order valence-electron chi connectivity index (χ2n) is 19.2. The molecule has 2 heterocycles. The van der Waals surface area contributed by atoms with Crippen molar-refractivity contribution in [3.8, 4) is 0 Å². The number of aliphatic hydroxyl groups is 5. The number of hydrogen-bond acceptors (Lipinski definition) is 18. The first-order valence-electron chi connectivity index (χ1n) is 22.8. The van der Waals surface area contributed by atoms with Crippen LogP contribution < -0.4 is 5.32 Å². The number of carbonyl (C=O) groups is 6. The van der Waals surface area contributed by atoms with Gasteiger partial charge in [-0.05, 0) is 49.1 Å². The van der Waals surface area contributed by atoms with Crippen LogP contribution >= 0.6 is 0 Å². The maximum absolute atomic E-state index is 16.1. The summed E-state index contributed by atoms with van der Waals surface area (Å²) in [6.45, 7) is 9.06. The van der Waals surface area contributed by atoms with Gasteiger partial charge in [-0.25, -0.2) is 9.59 Å². The third-order valence-electron chi connectivity index (χ3n) is 14.7. The molecule has 0 radical (unpaired) electrons. The number of ketones is 1. The molecule has 4 fully saturated rings. The Kier molecular flexibility index (Phi) is 14.4. The fourth-order valence-corrected chi connectivity index (χ4v) is 11.1. The van der Waals surface area contributed by atoms with Crippen LogP contribution in [0.5, 0.6) is 0 Å². The summed E-state index contributed by atoms with van der Waals surface area (Å²) in [4.78, 5) is 84.6. The van der Waals surface area contributed by atoms with E-state index < -0.39 is 150 Å². The Morgan fingerprint density at radius 2 is 1.53 bits per heavy atom. The molecule has 6 N–H and O–H groups in total. The summed E-state index contributed by atoms with van der Waals surface area (Å²) in [6.07, 6.45) is -17.2.